The molecule has 0 aromatic heterocycles. The lowest BCUT2D eigenvalue weighted by molar-refractivity contribution is -0.130. The van der Waals surface area contributed by atoms with E-state index in [9.17, 15) is 4.79 Å². The van der Waals surface area contributed by atoms with Gasteiger partial charge in [-0.15, -0.1) is 0 Å². The van der Waals surface area contributed by atoms with Crippen LogP contribution >= 0.6 is 0 Å². The van der Waals surface area contributed by atoms with Gasteiger partial charge in [0.25, 0.3) is 0 Å². The molecule has 0 saturated heterocycles. The number of benzene rings is 1. The van der Waals surface area contributed by atoms with Crippen molar-refractivity contribution in [1.29, 1.82) is 0 Å². The smallest absolute Gasteiger partial charge is 0.341 e. The van der Waals surface area contributed by atoms with Crippen LogP contribution in [0.25, 0.3) is 0 Å². The molecule has 4 rings (SSSR count). The second-order valence-corrected chi connectivity index (χ2v) is 12.3. The Hall–Kier alpha value is -1.61. The van der Waals surface area contributed by atoms with Crippen LogP contribution in [0, 0.1) is 29.6 Å². The van der Waals surface area contributed by atoms with Crippen molar-refractivity contribution in [3.8, 4) is 5.75 Å². The average molecular weight is 495 g/mol. The number of ether oxygens (including phenoxy) is 1. The van der Waals surface area contributed by atoms with Gasteiger partial charge in [-0.3, -0.25) is 0 Å². The topological polar surface area (TPSA) is 46.5 Å². The van der Waals surface area contributed by atoms with Crippen LogP contribution < -0.4 is 4.74 Å². The molecule has 0 atom stereocenters. The first-order chi connectivity index (χ1) is 17.6. The lowest BCUT2D eigenvalue weighted by Crippen LogP contribution is -2.29. The number of carbonyl (C=O) groups excluding carboxylic acids is 1. The number of hydrogen-bond acceptors (Lipinski definition) is 3. The summed E-state index contributed by atoms with van der Waals surface area (Å²) in [4.78, 5) is 11.8. The number of hydrogen-bond donors (Lipinski definition) is 1. The SMILES string of the molecule is C=C(CO)C(=O)Oc1ccc(C2CCC(C3CCC(C4CCC(CCCCC)CC4)CC3)CC2)cc1. The fourth-order valence-electron chi connectivity index (χ4n) is 7.69. The van der Waals surface area contributed by atoms with E-state index in [2.05, 4.69) is 25.6 Å². The molecule has 1 N–H and O–H groups in total. The quantitative estimate of drug-likeness (QED) is 0.153. The van der Waals surface area contributed by atoms with E-state index in [4.69, 9.17) is 9.84 Å². The first-order valence-corrected chi connectivity index (χ1v) is 15.2. The Morgan fingerprint density at radius 1 is 0.806 bits per heavy atom. The molecular weight excluding hydrogens is 444 g/mol. The number of aliphatic hydroxyl groups excluding tert-OH is 1. The van der Waals surface area contributed by atoms with E-state index in [1.54, 1.807) is 0 Å². The minimum atomic E-state index is -0.560. The van der Waals surface area contributed by atoms with E-state index >= 15 is 0 Å². The second-order valence-electron chi connectivity index (χ2n) is 12.3. The monoisotopic (exact) mass is 494 g/mol. The van der Waals surface area contributed by atoms with Crippen molar-refractivity contribution in [3.05, 3.63) is 42.0 Å². The predicted molar refractivity (Wildman–Crippen MR) is 148 cm³/mol. The molecule has 3 aliphatic rings. The van der Waals surface area contributed by atoms with Crippen LogP contribution in [0.5, 0.6) is 5.75 Å². The Balaban J connectivity index is 1.15. The van der Waals surface area contributed by atoms with Gasteiger partial charge in [-0.2, -0.15) is 0 Å². The minimum Gasteiger partial charge on any atom is -0.423 e. The molecule has 0 bridgehead atoms. The standard InChI is InChI=1S/C33H50O3/c1-3-4-5-6-25-7-9-26(10-8-25)27-11-13-28(14-12-27)29-15-17-30(18-16-29)31-19-21-32(22-20-31)36-33(35)24(2)23-34/h19-22,25-30,34H,2-18,23H2,1H3. The molecule has 3 fully saturated rings. The van der Waals surface area contributed by atoms with Crippen molar-refractivity contribution in [2.24, 2.45) is 29.6 Å². The van der Waals surface area contributed by atoms with Gasteiger partial charge in [-0.05, 0) is 117 Å². The predicted octanol–water partition coefficient (Wildman–Crippen LogP) is 8.61. The zero-order chi connectivity index (χ0) is 25.3. The van der Waals surface area contributed by atoms with Crippen molar-refractivity contribution >= 4 is 5.97 Å². The maximum atomic E-state index is 11.8. The van der Waals surface area contributed by atoms with E-state index in [1.807, 2.05) is 12.1 Å². The van der Waals surface area contributed by atoms with E-state index in [0.717, 1.165) is 29.6 Å². The molecular formula is C33H50O3. The third kappa shape index (κ3) is 7.46. The molecule has 0 unspecified atom stereocenters. The van der Waals surface area contributed by atoms with Crippen molar-refractivity contribution in [2.75, 3.05) is 6.61 Å². The first-order valence-electron chi connectivity index (χ1n) is 15.2. The van der Waals surface area contributed by atoms with Crippen LogP contribution in [0.4, 0.5) is 0 Å². The molecule has 0 heterocycles. The highest BCUT2D eigenvalue weighted by atomic mass is 16.5. The highest BCUT2D eigenvalue weighted by Gasteiger charge is 2.34. The summed E-state index contributed by atoms with van der Waals surface area (Å²) in [5.74, 6) is 5.59. The molecule has 0 aliphatic heterocycles. The maximum absolute atomic E-state index is 11.8. The molecule has 0 amide bonds. The van der Waals surface area contributed by atoms with E-state index < -0.39 is 5.97 Å². The Bertz CT molecular complexity index is 804. The lowest BCUT2D eigenvalue weighted by atomic mass is 9.64. The minimum absolute atomic E-state index is 0.0802. The molecule has 3 saturated carbocycles. The Morgan fingerprint density at radius 2 is 1.31 bits per heavy atom. The third-order valence-corrected chi connectivity index (χ3v) is 10.1. The molecule has 0 radical (unpaired) electrons. The van der Waals surface area contributed by atoms with Gasteiger partial charge in [-0.1, -0.05) is 64.2 Å². The summed E-state index contributed by atoms with van der Waals surface area (Å²) in [7, 11) is 0. The van der Waals surface area contributed by atoms with E-state index in [0.29, 0.717) is 11.7 Å². The van der Waals surface area contributed by atoms with Crippen LogP contribution in [0.1, 0.15) is 121 Å². The fraction of sp³-hybridized carbons (Fsp3) is 0.727. The number of esters is 1. The van der Waals surface area contributed by atoms with Crippen molar-refractivity contribution in [2.45, 2.75) is 116 Å². The van der Waals surface area contributed by atoms with Gasteiger partial charge in [0.05, 0.1) is 12.2 Å². The molecule has 36 heavy (non-hydrogen) atoms. The molecule has 1 aromatic rings. The average Bonchev–Trinajstić information content (AvgIpc) is 2.94. The normalized spacial score (nSPS) is 31.1. The summed E-state index contributed by atoms with van der Waals surface area (Å²) in [6.07, 6.45) is 23.1. The molecule has 0 spiro atoms. The molecule has 3 aliphatic carbocycles. The maximum Gasteiger partial charge on any atom is 0.341 e. The summed E-state index contributed by atoms with van der Waals surface area (Å²) >= 11 is 0. The highest BCUT2D eigenvalue weighted by Crippen LogP contribution is 2.47. The van der Waals surface area contributed by atoms with Gasteiger partial charge in [0, 0.05) is 0 Å². The summed E-state index contributed by atoms with van der Waals surface area (Å²) in [5.41, 5.74) is 1.44. The van der Waals surface area contributed by atoms with Crippen molar-refractivity contribution in [1.82, 2.24) is 0 Å². The zero-order valence-electron chi connectivity index (χ0n) is 22.8. The van der Waals surface area contributed by atoms with E-state index in [-0.39, 0.29) is 12.2 Å². The van der Waals surface area contributed by atoms with Crippen LogP contribution in [0.15, 0.2) is 36.4 Å². The third-order valence-electron chi connectivity index (χ3n) is 10.1. The fourth-order valence-corrected chi connectivity index (χ4v) is 7.69. The summed E-state index contributed by atoms with van der Waals surface area (Å²) in [5, 5.41) is 9.02. The number of aliphatic hydroxyl groups is 1. The van der Waals surface area contributed by atoms with Crippen LogP contribution in [0.2, 0.25) is 0 Å². The summed E-state index contributed by atoms with van der Waals surface area (Å²) in [6.45, 7) is 5.47. The van der Waals surface area contributed by atoms with Crippen LogP contribution in [-0.4, -0.2) is 17.7 Å². The Kier molecular flexibility index (Phi) is 10.5. The van der Waals surface area contributed by atoms with Gasteiger partial charge in [0.1, 0.15) is 5.75 Å². The number of carbonyl (C=O) groups is 1. The first kappa shape index (κ1) is 27.4. The zero-order valence-corrected chi connectivity index (χ0v) is 22.8. The van der Waals surface area contributed by atoms with Crippen molar-refractivity contribution < 1.29 is 14.6 Å². The molecule has 200 valence electrons. The van der Waals surface area contributed by atoms with Gasteiger partial charge in [0.15, 0.2) is 0 Å². The van der Waals surface area contributed by atoms with Crippen molar-refractivity contribution in [3.63, 3.8) is 0 Å². The van der Waals surface area contributed by atoms with Gasteiger partial charge < -0.3 is 9.84 Å². The Morgan fingerprint density at radius 3 is 1.81 bits per heavy atom. The van der Waals surface area contributed by atoms with Crippen LogP contribution in [-0.2, 0) is 4.79 Å². The molecule has 1 aromatic carbocycles. The number of unbranched alkanes of at least 4 members (excludes halogenated alkanes) is 2. The highest BCUT2D eigenvalue weighted by molar-refractivity contribution is 5.89. The van der Waals surface area contributed by atoms with Gasteiger partial charge in [-0.25, -0.2) is 4.79 Å². The van der Waals surface area contributed by atoms with Gasteiger partial charge in [0.2, 0.25) is 0 Å². The lowest BCUT2D eigenvalue weighted by Gasteiger charge is -2.41. The Labute approximate surface area is 220 Å². The molecule has 3 heteroatoms. The largest absolute Gasteiger partial charge is 0.423 e. The van der Waals surface area contributed by atoms with Crippen LogP contribution in [0.3, 0.4) is 0 Å². The number of rotatable bonds is 10. The summed E-state index contributed by atoms with van der Waals surface area (Å²) < 4.78 is 5.28. The van der Waals surface area contributed by atoms with Gasteiger partial charge >= 0.3 is 5.97 Å². The van der Waals surface area contributed by atoms with E-state index in [1.165, 1.54) is 108 Å². The summed E-state index contributed by atoms with van der Waals surface area (Å²) in [6, 6.07) is 7.98. The molecule has 3 nitrogen and oxygen atoms in total. The second kappa shape index (κ2) is 13.8.